The Labute approximate surface area is 540 Å². The van der Waals surface area contributed by atoms with Gasteiger partial charge in [-0.2, -0.15) is 4.79 Å². The molecular formula is C72H129N2O15+3. The maximum atomic E-state index is 13.3. The number of esters is 6. The summed E-state index contributed by atoms with van der Waals surface area (Å²) in [6.45, 7) is 18.8. The van der Waals surface area contributed by atoms with Crippen molar-refractivity contribution in [1.29, 1.82) is 0 Å². The number of hydrogen-bond acceptors (Lipinski definition) is 15. The van der Waals surface area contributed by atoms with Crippen LogP contribution < -0.4 is 0 Å². The van der Waals surface area contributed by atoms with Crippen LogP contribution in [0.1, 0.15) is 279 Å². The summed E-state index contributed by atoms with van der Waals surface area (Å²) in [4.78, 5) is 77.1. The first-order valence-electron chi connectivity index (χ1n) is 35.1. The Hall–Kier alpha value is -4.58. The van der Waals surface area contributed by atoms with E-state index in [1.807, 2.05) is 21.0 Å². The van der Waals surface area contributed by atoms with Gasteiger partial charge in [0, 0.05) is 6.42 Å². The number of ether oxygens (including phenoxy) is 6. The Morgan fingerprint density at radius 1 is 0.427 bits per heavy atom. The minimum Gasteiger partial charge on any atom is -0.461 e. The molecule has 0 radical (unpaired) electrons. The zero-order valence-electron chi connectivity index (χ0n) is 57.2. The highest BCUT2D eigenvalue weighted by Crippen LogP contribution is 2.20. The van der Waals surface area contributed by atoms with Gasteiger partial charge < -0.3 is 48.2 Å². The lowest BCUT2D eigenvalue weighted by Gasteiger charge is -2.30. The van der Waals surface area contributed by atoms with Crippen molar-refractivity contribution in [2.45, 2.75) is 321 Å². The molecule has 17 nitrogen and oxygen atoms in total. The molecule has 0 fully saturated rings. The molecule has 0 rings (SSSR count). The van der Waals surface area contributed by atoms with Crippen molar-refractivity contribution in [3.05, 3.63) is 43.4 Å². The Balaban J connectivity index is 5.70. The number of carbonyl (C=O) groups is 6. The monoisotopic (exact) mass is 1260 g/mol. The maximum absolute atomic E-state index is 13.3. The molecule has 3 N–H and O–H groups in total. The first-order chi connectivity index (χ1) is 42.8. The second-order valence-corrected chi connectivity index (χ2v) is 25.2. The van der Waals surface area contributed by atoms with Crippen LogP contribution in [-0.4, -0.2) is 163 Å². The summed E-state index contributed by atoms with van der Waals surface area (Å²) in [5, 5.41) is 33.2. The first-order valence-corrected chi connectivity index (χ1v) is 35.1. The molecule has 7 atom stereocenters. The molecule has 0 aromatic rings. The van der Waals surface area contributed by atoms with Gasteiger partial charge in [0.15, 0.2) is 19.6 Å². The lowest BCUT2D eigenvalue weighted by Crippen LogP contribution is -2.46. The molecule has 17 heteroatoms. The van der Waals surface area contributed by atoms with Crippen LogP contribution in [0.2, 0.25) is 0 Å². The van der Waals surface area contributed by atoms with Gasteiger partial charge in [-0.15, -0.1) is 0 Å². The Bertz CT molecular complexity index is 1920. The molecule has 0 spiro atoms. The highest BCUT2D eigenvalue weighted by molar-refractivity contribution is 5.74. The molecule has 0 saturated carbocycles. The maximum Gasteiger partial charge on any atom is 0.493 e. The van der Waals surface area contributed by atoms with E-state index in [0.717, 1.165) is 96.4 Å². The molecule has 0 aliphatic carbocycles. The van der Waals surface area contributed by atoms with Crippen LogP contribution in [0.25, 0.3) is 0 Å². The van der Waals surface area contributed by atoms with E-state index in [-0.39, 0.29) is 57.6 Å². The molecule has 514 valence electrons. The smallest absolute Gasteiger partial charge is 0.461 e. The van der Waals surface area contributed by atoms with Gasteiger partial charge in [-0.3, -0.25) is 14.4 Å². The quantitative estimate of drug-likeness (QED) is 0.00753. The molecule has 0 heterocycles. The number of aliphatic hydroxyl groups is 3. The van der Waals surface area contributed by atoms with Gasteiger partial charge in [-0.1, -0.05) is 212 Å². The number of hydrogen-bond donors (Lipinski definition) is 3. The molecule has 89 heavy (non-hydrogen) atoms. The molecule has 0 bridgehead atoms. The molecule has 0 amide bonds. The normalized spacial score (nSPS) is 14.3. The van der Waals surface area contributed by atoms with Gasteiger partial charge in [0.1, 0.15) is 44.8 Å². The fraction of sp³-hybridized carbons (Fsp3) is 0.806. The number of nitrogens with zero attached hydrogens (tertiary/aromatic N) is 2. The van der Waals surface area contributed by atoms with Crippen LogP contribution in [0.3, 0.4) is 0 Å². The van der Waals surface area contributed by atoms with E-state index in [1.54, 1.807) is 28.9 Å². The van der Waals surface area contributed by atoms with Crippen molar-refractivity contribution >= 4 is 42.5 Å². The van der Waals surface area contributed by atoms with Gasteiger partial charge in [-0.25, -0.2) is 14.2 Å². The minimum absolute atomic E-state index is 0.0120. The average Bonchev–Trinajstić information content (AvgIpc) is 3.59. The fourth-order valence-electron chi connectivity index (χ4n) is 10.4. The van der Waals surface area contributed by atoms with E-state index in [0.29, 0.717) is 30.3 Å². The summed E-state index contributed by atoms with van der Waals surface area (Å²) in [6, 6.07) is 0. The van der Waals surface area contributed by atoms with Crippen LogP contribution in [0.4, 0.5) is 0 Å². The number of aliphatic hydroxyl groups excluding tert-OH is 3. The van der Waals surface area contributed by atoms with E-state index in [4.69, 9.17) is 28.4 Å². The summed E-state index contributed by atoms with van der Waals surface area (Å²) in [5.41, 5.74) is 0. The predicted octanol–water partition coefficient (Wildman–Crippen LogP) is 14.0. The Morgan fingerprint density at radius 3 is 1.16 bits per heavy atom. The molecule has 0 aliphatic heterocycles. The molecule has 0 aromatic heterocycles. The van der Waals surface area contributed by atoms with Crippen LogP contribution in [0.15, 0.2) is 36.5 Å². The highest BCUT2D eigenvalue weighted by atomic mass is 16.6. The van der Waals surface area contributed by atoms with E-state index >= 15 is 0 Å². The summed E-state index contributed by atoms with van der Waals surface area (Å²) < 4.78 is 35.7. The molecular weight excluding hydrogens is 1130 g/mol. The second-order valence-electron chi connectivity index (χ2n) is 25.2. The summed E-state index contributed by atoms with van der Waals surface area (Å²) >= 11 is 0. The van der Waals surface area contributed by atoms with Gasteiger partial charge in [-0.05, 0) is 77.0 Å². The minimum atomic E-state index is -1.19. The standard InChI is InChI=1S/C72H129N2O15/c1-10-15-20-22-24-26-28-30-32-43-54-73(7)56-71(82)88-66(49-35-18-13-4)63(77)47-39-42-53-70(81)87-61(58-84-68(79)51-40-37-45-62(76)65(86-60(6)75)48-34-17-12-3)59-85-69(80)52-41-38-46-64(78)67(50-36-19-14-5)89-72(83)57-74(8,9)55-44-33-31-29-27-25-23-21-16-11-2/h37-42,61-67,76-78H,6-7,10-36,43-59H2,1-5,8-9H3/q+3/b40-37+,41-38+,42-39+. The third-order valence-corrected chi connectivity index (χ3v) is 15.9. The molecule has 0 aliphatic rings. The van der Waals surface area contributed by atoms with Crippen molar-refractivity contribution in [2.75, 3.05) is 53.5 Å². The molecule has 0 aromatic carbocycles. The lowest BCUT2D eigenvalue weighted by molar-refractivity contribution is -0.883. The fourth-order valence-corrected chi connectivity index (χ4v) is 10.4. The van der Waals surface area contributed by atoms with Gasteiger partial charge >= 0.3 is 35.8 Å². The highest BCUT2D eigenvalue weighted by Gasteiger charge is 2.29. The van der Waals surface area contributed by atoms with E-state index in [2.05, 4.69) is 41.3 Å². The number of rotatable bonds is 61. The number of likely N-dealkylation sites (N-methyl/N-ethyl adjacent to an activating group) is 1. The van der Waals surface area contributed by atoms with Crippen molar-refractivity contribution in [1.82, 2.24) is 0 Å². The Kier molecular flexibility index (Phi) is 54.4. The second kappa shape index (κ2) is 57.3. The topological polar surface area (TPSA) is 221 Å². The predicted molar refractivity (Wildman–Crippen MR) is 355 cm³/mol. The van der Waals surface area contributed by atoms with Crippen molar-refractivity contribution in [3.8, 4) is 0 Å². The zero-order valence-corrected chi connectivity index (χ0v) is 57.2. The van der Waals surface area contributed by atoms with Gasteiger partial charge in [0.2, 0.25) is 6.54 Å². The van der Waals surface area contributed by atoms with Gasteiger partial charge in [0.25, 0.3) is 0 Å². The van der Waals surface area contributed by atoms with Crippen LogP contribution in [0.5, 0.6) is 0 Å². The van der Waals surface area contributed by atoms with Crippen LogP contribution in [-0.2, 0) is 57.2 Å². The largest absolute Gasteiger partial charge is 0.493 e. The molecule has 0 saturated heterocycles. The van der Waals surface area contributed by atoms with Crippen LogP contribution >= 0.6 is 0 Å². The average molecular weight is 1260 g/mol. The third kappa shape index (κ3) is 51.7. The third-order valence-electron chi connectivity index (χ3n) is 15.9. The summed E-state index contributed by atoms with van der Waals surface area (Å²) in [6.07, 6.45) is 36.6. The number of quaternary nitrogens is 1. The zero-order chi connectivity index (χ0) is 66.2. The number of unbranched alkanes of at least 4 members (excludes halogenated alkanes) is 24. The first kappa shape index (κ1) is 84.4. The Morgan fingerprint density at radius 2 is 0.764 bits per heavy atom. The van der Waals surface area contributed by atoms with E-state index < -0.39 is 85.8 Å². The van der Waals surface area contributed by atoms with Crippen molar-refractivity contribution < 1.29 is 81.6 Å². The summed E-state index contributed by atoms with van der Waals surface area (Å²) in [7, 11) is 4.06. The van der Waals surface area contributed by atoms with Gasteiger partial charge in [0.05, 0.1) is 58.2 Å². The van der Waals surface area contributed by atoms with Crippen LogP contribution in [0, 0.1) is 6.92 Å². The van der Waals surface area contributed by atoms with E-state index in [9.17, 15) is 44.1 Å². The van der Waals surface area contributed by atoms with E-state index in [1.165, 1.54) is 108 Å². The van der Waals surface area contributed by atoms with Crippen molar-refractivity contribution in [3.63, 3.8) is 0 Å². The molecule has 7 unspecified atom stereocenters. The lowest BCUT2D eigenvalue weighted by atomic mass is 10.0. The van der Waals surface area contributed by atoms with Crippen molar-refractivity contribution in [2.24, 2.45) is 0 Å². The SMILES string of the molecule is C=[N+](CCCCCCCCCCCC)CC(=O)OC(CCCCC)C(O)C/C=C/CC(=O)OC(COC(=O)C/C=C/CC(O)C(CCCCC)OC([CH2+])=O)COC(=O)C/C=C/CC(O)C(CCCCC)OC(=O)C[N+](C)(C)CCCCCCCCCCCC. The number of carbonyl (C=O) groups excluding carboxylic acids is 6. The summed E-state index contributed by atoms with van der Waals surface area (Å²) in [5.74, 6) is -3.62.